The van der Waals surface area contributed by atoms with Crippen molar-refractivity contribution in [2.75, 3.05) is 10.6 Å². The highest BCUT2D eigenvalue weighted by Crippen LogP contribution is 2.28. The van der Waals surface area contributed by atoms with E-state index in [1.165, 1.54) is 11.8 Å². The number of halogens is 2. The minimum absolute atomic E-state index is 0.0943. The van der Waals surface area contributed by atoms with Gasteiger partial charge in [0.15, 0.2) is 0 Å². The molecule has 0 heterocycles. The number of carbonyl (C=O) groups excluding carboxylic acids is 3. The van der Waals surface area contributed by atoms with Gasteiger partial charge in [0.05, 0.1) is 15.3 Å². The van der Waals surface area contributed by atoms with E-state index in [1.54, 1.807) is 73.7 Å². The normalized spacial score (nSPS) is 11.9. The summed E-state index contributed by atoms with van der Waals surface area (Å²) in [6.07, 6.45) is 1.64. The standard InChI is InChI=1S/C32H27Cl2N3O3S/c1-20-8-6-9-22(16-20)17-29(37-31(39)23-10-4-3-5-11-23)32(40)36-24-12-7-13-26(18-24)41-21(2)30(38)35-25-14-15-27(33)28(34)19-25/h3-19,21H,1-2H3,(H,35,38)(H,36,40)(H,37,39)/b29-17+. The first kappa shape index (κ1) is 29.9. The second-order valence-corrected chi connectivity index (χ2v) is 11.4. The predicted octanol–water partition coefficient (Wildman–Crippen LogP) is 7.83. The van der Waals surface area contributed by atoms with Crippen LogP contribution in [0.25, 0.3) is 6.08 Å². The van der Waals surface area contributed by atoms with Gasteiger partial charge in [-0.15, -0.1) is 11.8 Å². The van der Waals surface area contributed by atoms with E-state index < -0.39 is 17.1 Å². The molecular formula is C32H27Cl2N3O3S. The van der Waals surface area contributed by atoms with E-state index in [1.807, 2.05) is 43.3 Å². The molecule has 0 aliphatic carbocycles. The quantitative estimate of drug-likeness (QED) is 0.134. The number of hydrogen-bond donors (Lipinski definition) is 3. The third-order valence-corrected chi connectivity index (χ3v) is 7.68. The molecule has 4 rings (SSSR count). The zero-order valence-electron chi connectivity index (χ0n) is 22.3. The fraction of sp³-hybridized carbons (Fsp3) is 0.0938. The van der Waals surface area contributed by atoms with E-state index in [9.17, 15) is 14.4 Å². The molecule has 4 aromatic rings. The van der Waals surface area contributed by atoms with E-state index in [0.29, 0.717) is 27.0 Å². The van der Waals surface area contributed by atoms with Gasteiger partial charge in [-0.3, -0.25) is 14.4 Å². The number of anilines is 2. The Morgan fingerprint density at radius 3 is 2.24 bits per heavy atom. The summed E-state index contributed by atoms with van der Waals surface area (Å²) in [5.74, 6) is -1.09. The van der Waals surface area contributed by atoms with Crippen molar-refractivity contribution in [2.45, 2.75) is 24.0 Å². The van der Waals surface area contributed by atoms with Crippen LogP contribution in [0.3, 0.4) is 0 Å². The summed E-state index contributed by atoms with van der Waals surface area (Å²) >= 11 is 13.3. The fourth-order valence-corrected chi connectivity index (χ4v) is 5.01. The first-order valence-electron chi connectivity index (χ1n) is 12.7. The Bertz CT molecular complexity index is 1610. The molecular weight excluding hydrogens is 577 g/mol. The first-order chi connectivity index (χ1) is 19.7. The molecule has 3 N–H and O–H groups in total. The minimum Gasteiger partial charge on any atom is -0.325 e. The van der Waals surface area contributed by atoms with Crippen LogP contribution in [0.4, 0.5) is 11.4 Å². The van der Waals surface area contributed by atoms with Crippen LogP contribution in [0.1, 0.15) is 28.4 Å². The number of amides is 3. The summed E-state index contributed by atoms with van der Waals surface area (Å²) < 4.78 is 0. The molecule has 0 bridgehead atoms. The summed E-state index contributed by atoms with van der Waals surface area (Å²) in [6.45, 7) is 3.74. The molecule has 0 fully saturated rings. The van der Waals surface area contributed by atoms with Gasteiger partial charge in [0, 0.05) is 21.8 Å². The molecule has 208 valence electrons. The van der Waals surface area contributed by atoms with Gasteiger partial charge < -0.3 is 16.0 Å². The largest absolute Gasteiger partial charge is 0.325 e. The van der Waals surface area contributed by atoms with Crippen molar-refractivity contribution < 1.29 is 14.4 Å². The molecule has 1 unspecified atom stereocenters. The maximum absolute atomic E-state index is 13.4. The highest BCUT2D eigenvalue weighted by molar-refractivity contribution is 8.00. The third-order valence-electron chi connectivity index (χ3n) is 5.84. The second kappa shape index (κ2) is 14.0. The average Bonchev–Trinajstić information content (AvgIpc) is 2.95. The number of rotatable bonds is 9. The lowest BCUT2D eigenvalue weighted by molar-refractivity contribution is -0.115. The Balaban J connectivity index is 1.47. The fourth-order valence-electron chi connectivity index (χ4n) is 3.79. The van der Waals surface area contributed by atoms with Crippen LogP contribution in [0.2, 0.25) is 10.0 Å². The van der Waals surface area contributed by atoms with Gasteiger partial charge in [0.1, 0.15) is 5.70 Å². The van der Waals surface area contributed by atoms with Gasteiger partial charge in [-0.1, -0.05) is 77.3 Å². The number of carbonyl (C=O) groups is 3. The molecule has 41 heavy (non-hydrogen) atoms. The van der Waals surface area contributed by atoms with Crippen LogP contribution in [-0.2, 0) is 9.59 Å². The van der Waals surface area contributed by atoms with E-state index in [-0.39, 0.29) is 11.6 Å². The summed E-state index contributed by atoms with van der Waals surface area (Å²) in [5, 5.41) is 8.75. The van der Waals surface area contributed by atoms with Crippen LogP contribution in [0, 0.1) is 6.92 Å². The lowest BCUT2D eigenvalue weighted by atomic mass is 10.1. The van der Waals surface area contributed by atoms with Gasteiger partial charge in [0.2, 0.25) is 5.91 Å². The lowest BCUT2D eigenvalue weighted by Crippen LogP contribution is -2.30. The highest BCUT2D eigenvalue weighted by Gasteiger charge is 2.18. The molecule has 0 aliphatic rings. The van der Waals surface area contributed by atoms with Gasteiger partial charge in [-0.25, -0.2) is 0 Å². The Morgan fingerprint density at radius 1 is 0.780 bits per heavy atom. The number of benzene rings is 4. The van der Waals surface area contributed by atoms with Crippen LogP contribution >= 0.6 is 35.0 Å². The molecule has 6 nitrogen and oxygen atoms in total. The van der Waals surface area contributed by atoms with Crippen molar-refractivity contribution in [1.82, 2.24) is 5.32 Å². The molecule has 9 heteroatoms. The number of thioether (sulfide) groups is 1. The highest BCUT2D eigenvalue weighted by atomic mass is 35.5. The van der Waals surface area contributed by atoms with Gasteiger partial charge >= 0.3 is 0 Å². The van der Waals surface area contributed by atoms with Crippen molar-refractivity contribution in [3.63, 3.8) is 0 Å². The maximum atomic E-state index is 13.4. The maximum Gasteiger partial charge on any atom is 0.272 e. The minimum atomic E-state index is -0.483. The van der Waals surface area contributed by atoms with Crippen LogP contribution in [0.15, 0.2) is 108 Å². The molecule has 3 amide bonds. The van der Waals surface area contributed by atoms with Crippen LogP contribution < -0.4 is 16.0 Å². The monoisotopic (exact) mass is 603 g/mol. The molecule has 0 saturated heterocycles. The first-order valence-corrected chi connectivity index (χ1v) is 14.3. The molecule has 4 aromatic carbocycles. The Morgan fingerprint density at radius 2 is 1.51 bits per heavy atom. The summed E-state index contributed by atoms with van der Waals surface area (Å²) in [4.78, 5) is 39.8. The summed E-state index contributed by atoms with van der Waals surface area (Å²) in [7, 11) is 0. The van der Waals surface area contributed by atoms with Crippen molar-refractivity contribution in [3.05, 3.63) is 129 Å². The van der Waals surface area contributed by atoms with E-state index in [2.05, 4.69) is 16.0 Å². The number of hydrogen-bond acceptors (Lipinski definition) is 4. The predicted molar refractivity (Wildman–Crippen MR) is 169 cm³/mol. The van der Waals surface area contributed by atoms with Gasteiger partial charge in [0.25, 0.3) is 11.8 Å². The molecule has 0 aromatic heterocycles. The Hall–Kier alpha value is -4.04. The van der Waals surface area contributed by atoms with Crippen molar-refractivity contribution in [2.24, 2.45) is 0 Å². The van der Waals surface area contributed by atoms with Crippen molar-refractivity contribution in [3.8, 4) is 0 Å². The lowest BCUT2D eigenvalue weighted by Gasteiger charge is -2.14. The molecule has 0 radical (unpaired) electrons. The smallest absolute Gasteiger partial charge is 0.272 e. The molecule has 0 aliphatic heterocycles. The topological polar surface area (TPSA) is 87.3 Å². The Labute approximate surface area is 253 Å². The molecule has 0 saturated carbocycles. The van der Waals surface area contributed by atoms with Gasteiger partial charge in [-0.2, -0.15) is 0 Å². The summed E-state index contributed by atoms with van der Waals surface area (Å²) in [5.41, 5.74) is 3.38. The van der Waals surface area contributed by atoms with E-state index in [4.69, 9.17) is 23.2 Å². The van der Waals surface area contributed by atoms with Gasteiger partial charge in [-0.05, 0) is 74.0 Å². The zero-order valence-corrected chi connectivity index (χ0v) is 24.6. The third kappa shape index (κ3) is 8.72. The number of nitrogens with one attached hydrogen (secondary N) is 3. The Kier molecular flexibility index (Phi) is 10.2. The van der Waals surface area contributed by atoms with E-state index >= 15 is 0 Å². The van der Waals surface area contributed by atoms with Crippen molar-refractivity contribution >= 4 is 70.1 Å². The SMILES string of the molecule is Cc1cccc(/C=C(/NC(=O)c2ccccc2)C(=O)Nc2cccc(SC(C)C(=O)Nc3ccc(Cl)c(Cl)c3)c2)c1. The summed E-state index contributed by atoms with van der Waals surface area (Å²) in [6, 6.07) is 28.3. The van der Waals surface area contributed by atoms with Crippen molar-refractivity contribution in [1.29, 1.82) is 0 Å². The number of aryl methyl sites for hydroxylation is 1. The second-order valence-electron chi connectivity index (χ2n) is 9.15. The molecule has 1 atom stereocenters. The average molecular weight is 605 g/mol. The van der Waals surface area contributed by atoms with Crippen LogP contribution in [-0.4, -0.2) is 23.0 Å². The zero-order chi connectivity index (χ0) is 29.4. The molecule has 0 spiro atoms. The van der Waals surface area contributed by atoms with E-state index in [0.717, 1.165) is 16.0 Å². The van der Waals surface area contributed by atoms with Crippen LogP contribution in [0.5, 0.6) is 0 Å².